The van der Waals surface area contributed by atoms with Gasteiger partial charge in [0, 0.05) is 173 Å². The summed E-state index contributed by atoms with van der Waals surface area (Å²) >= 11 is 21.6. The molecule has 0 aliphatic carbocycles. The van der Waals surface area contributed by atoms with E-state index < -0.39 is 22.5 Å². The van der Waals surface area contributed by atoms with Crippen molar-refractivity contribution in [2.24, 2.45) is 17.6 Å². The van der Waals surface area contributed by atoms with Gasteiger partial charge in [0.2, 0.25) is 0 Å². The van der Waals surface area contributed by atoms with Crippen molar-refractivity contribution in [2.75, 3.05) is 150 Å². The second kappa shape index (κ2) is 67.3. The summed E-state index contributed by atoms with van der Waals surface area (Å²) < 4.78 is 8.20. The second-order valence-corrected chi connectivity index (χ2v) is 36.0. The van der Waals surface area contributed by atoms with Gasteiger partial charge in [-0.05, 0) is 226 Å². The molecule has 5 aromatic heterocycles. The third-order valence-electron chi connectivity index (χ3n) is 18.3. The van der Waals surface area contributed by atoms with Gasteiger partial charge in [0.05, 0.1) is 62.7 Å². The van der Waals surface area contributed by atoms with Gasteiger partial charge in [0.15, 0.2) is 0 Å². The molecule has 0 radical (unpaired) electrons. The number of nitrogen functional groups attached to an aromatic ring is 4. The summed E-state index contributed by atoms with van der Waals surface area (Å²) in [4.78, 5) is 95.9. The van der Waals surface area contributed by atoms with Crippen molar-refractivity contribution < 1.29 is 49.6 Å². The number of H-pyrrole nitrogens is 5. The normalized spacial score (nSPS) is 12.5. The topological polar surface area (TPSA) is 460 Å². The number of anilines is 11. The van der Waals surface area contributed by atoms with Crippen LogP contribution >= 0.6 is 126 Å². The first-order valence-electron chi connectivity index (χ1n) is 41.0. The molecule has 0 saturated carbocycles. The predicted molar refractivity (Wildman–Crippen MR) is 551 cm³/mol. The van der Waals surface area contributed by atoms with Gasteiger partial charge in [0.1, 0.15) is 11.4 Å². The number of nitrogens with one attached hydrogen (secondary N) is 6. The zero-order chi connectivity index (χ0) is 93.8. The third kappa shape index (κ3) is 41.6. The first kappa shape index (κ1) is 120. The molecule has 1 unspecified atom stereocenters. The van der Waals surface area contributed by atoms with Crippen LogP contribution in [0.15, 0.2) is 186 Å². The van der Waals surface area contributed by atoms with Gasteiger partial charge in [0.25, 0.3) is 11.1 Å². The number of nitrogens with two attached hydrogens (primary N) is 6. The number of ether oxygens (including phenoxy) is 1. The number of aromatic amines is 5. The number of hydrogen-bond acceptors (Lipinski definition) is 30. The largest absolute Gasteiger partial charge is 1.00 e. The maximum Gasteiger partial charge on any atom is 1.00 e. The van der Waals surface area contributed by atoms with Gasteiger partial charge in [-0.25, -0.2) is 29.3 Å². The quantitative estimate of drug-likeness (QED) is 0.00538. The molecule has 29 nitrogen and oxygen atoms in total. The van der Waals surface area contributed by atoms with Gasteiger partial charge in [-0.2, -0.15) is 7.11 Å². The van der Waals surface area contributed by atoms with E-state index in [4.69, 9.17) is 54.6 Å². The molecule has 2 aliphatic heterocycles. The molecular formula is C87H131Br2Cl2N20NaO9S6. The summed E-state index contributed by atoms with van der Waals surface area (Å²) in [5.74, 6) is 9.37. The summed E-state index contributed by atoms with van der Waals surface area (Å²) in [6.07, 6.45) is 8.84. The number of halogens is 4. The fourth-order valence-corrected chi connectivity index (χ4v) is 17.7. The molecule has 2 aliphatic rings. The number of hydrazine groups is 1. The monoisotopic (exact) mass is 2040 g/mol. The Bertz CT molecular complexity index is 5220. The summed E-state index contributed by atoms with van der Waals surface area (Å²) in [5.41, 5.74) is 34.0. The first-order chi connectivity index (χ1) is 60.0. The molecule has 40 heteroatoms. The predicted octanol–water partition coefficient (Wildman–Crippen LogP) is 14.3. The standard InChI is InChI=1S/C20H30N4S2.C14H18N4O2S.C14H16N4OS.C12H16N2S.C8H8N2S.C7H13ClO.C4H3BrN2O2.C4H10O.C2H5Br.CH4O.CH3O.ClH.H4N2.Na/c1-5-23(4)15-8-10-19(17(21)12-15)25-14-26-20-11-9-16(13-18(20)22)24(6-2)7-3;1-3-18(4-2)9-5-6-11(10(15)7-9)21-12-8-16-14(20)17-13(12)19;1-3-18(4-2)9-5-6-11-10(7-9)16-13-12(20-11)8-15-14(19)17-13;1-4-14(5-2)10-6-7-12-11(8-10)13-9(3)15-12;1-5-10-7-4-6(9)2-3-8(7)11-5;1-3-6-5(2)4-7(8)9-6;5-2-1-6-4(9)7-3(2)8;1-2-3-4-5;1-2-3;2*1-2;;1-2;/h8-13H,5-7,14,21-22H2,1-4H3;5-8H,3-4,15H2,1-2H3,(H2,16,17,19,20);5-8H,3-4H2,1-2H3,(H2,15,16,17,19);6-8H,4-5H2,1-3H3;2-4H,9H2,1H3;5-7H,3-4H2,1-2H3;1H,(H2,6,7,8,9);5H,2-4H2,1H3;2H2,1H3;2H,1H3;1H3;1H;1-2H2;/q;;;;;;;;;;-1;;;+1/t;;;;;5-,6-,7?;;;;;;;;/m.....1......../s1. The van der Waals surface area contributed by atoms with E-state index in [0.29, 0.717) is 33.7 Å². The van der Waals surface area contributed by atoms with E-state index in [2.05, 4.69) is 272 Å². The van der Waals surface area contributed by atoms with E-state index in [1.807, 2.05) is 61.3 Å². The van der Waals surface area contributed by atoms with Crippen molar-refractivity contribution in [3.8, 4) is 0 Å². The number of benzene rings is 6. The van der Waals surface area contributed by atoms with Crippen molar-refractivity contribution in [1.82, 2.24) is 39.9 Å². The Morgan fingerprint density at radius 2 is 1.02 bits per heavy atom. The third-order valence-corrected chi connectivity index (χ3v) is 25.6. The van der Waals surface area contributed by atoms with Crippen LogP contribution in [0.3, 0.4) is 0 Å². The smallest absolute Gasteiger partial charge is 0.857 e. The van der Waals surface area contributed by atoms with Crippen LogP contribution in [-0.2, 0) is 4.74 Å². The van der Waals surface area contributed by atoms with Gasteiger partial charge < -0.3 is 82.8 Å². The summed E-state index contributed by atoms with van der Waals surface area (Å²) in [5, 5.41) is 30.8. The van der Waals surface area contributed by atoms with E-state index in [0.717, 1.165) is 195 Å². The zero-order valence-electron chi connectivity index (χ0n) is 76.5. The van der Waals surface area contributed by atoms with Crippen LogP contribution in [-0.4, -0.2) is 159 Å². The molecule has 6 aromatic carbocycles. The number of aliphatic hydroxyl groups is 2. The summed E-state index contributed by atoms with van der Waals surface area (Å²) in [6.45, 7) is 40.9. The number of alkyl halides is 2. The molecule has 0 amide bonds. The SMILES string of the molecule is CCBr.CCCCO.CCN(C)c1ccc(SCSc2ccc(N(CC)CC)cc2N)c(N)c1.CCN(CC)c1ccc(Sc2c[nH]c(=O)[nH]c2=O)c(N)c1.CCN(CC)c1ccc2c(c1)Nc1[nH]c(=O)ncc1S2.CCN(CC)c1ccc2sc(C)nc2c1.CC[C@H]1OC(Cl)C[C@H]1C.CO.C[O-].Cc1nc2cc(N)ccc2s1.Cl.NN.O=c1[nH]cc(Br)c(=O)[nH]1.[Na+]. The van der Waals surface area contributed by atoms with Crippen molar-refractivity contribution in [2.45, 2.75) is 171 Å². The van der Waals surface area contributed by atoms with Crippen LogP contribution in [0.2, 0.25) is 0 Å². The Balaban J connectivity index is 0.00000145. The molecule has 11 aromatic rings. The van der Waals surface area contributed by atoms with E-state index in [1.165, 1.54) is 50.6 Å². The van der Waals surface area contributed by atoms with Crippen LogP contribution in [0, 0.1) is 19.8 Å². The average molecular weight is 2050 g/mol. The number of rotatable bonds is 23. The maximum absolute atomic E-state index is 11.7. The van der Waals surface area contributed by atoms with Gasteiger partial charge >= 0.3 is 46.6 Å². The number of aryl methyl sites for hydroxylation is 2. The first-order valence-corrected chi connectivity index (χ1v) is 48.6. The molecule has 0 spiro atoms. The van der Waals surface area contributed by atoms with Crippen molar-refractivity contribution in [3.63, 3.8) is 0 Å². The van der Waals surface area contributed by atoms with Crippen molar-refractivity contribution in [3.05, 3.63) is 194 Å². The zero-order valence-corrected chi connectivity index (χ0v) is 88.1. The van der Waals surface area contributed by atoms with Gasteiger partial charge in [-0.15, -0.1) is 58.6 Å². The minimum Gasteiger partial charge on any atom is -0.857 e. The van der Waals surface area contributed by atoms with E-state index >= 15 is 0 Å². The number of aliphatic hydroxyl groups excluding tert-OH is 2. The van der Waals surface area contributed by atoms with E-state index in [9.17, 15) is 24.0 Å². The van der Waals surface area contributed by atoms with Crippen LogP contribution in [0.25, 0.3) is 20.4 Å². The molecule has 0 bridgehead atoms. The number of thiazole rings is 2. The Morgan fingerprint density at radius 3 is 1.43 bits per heavy atom. The Morgan fingerprint density at radius 1 is 0.583 bits per heavy atom. The van der Waals surface area contributed by atoms with Crippen molar-refractivity contribution in [1.29, 1.82) is 0 Å². The van der Waals surface area contributed by atoms with Gasteiger partial charge in [-0.3, -0.25) is 36.2 Å². The number of fused-ring (bicyclic) bond motifs is 4. The molecule has 13 rings (SSSR count). The molecular weight excluding hydrogens is 1920 g/mol. The Labute approximate surface area is 823 Å². The molecule has 1 saturated heterocycles. The number of thioether (sulfide) groups is 2. The fourth-order valence-electron chi connectivity index (χ4n) is 11.7. The molecule has 127 heavy (non-hydrogen) atoms. The summed E-state index contributed by atoms with van der Waals surface area (Å²) in [6, 6.07) is 37.1. The van der Waals surface area contributed by atoms with Crippen LogP contribution < -0.4 is 127 Å². The van der Waals surface area contributed by atoms with E-state index in [1.54, 1.807) is 64.2 Å². The average Bonchev–Trinajstić information content (AvgIpc) is 1.62. The van der Waals surface area contributed by atoms with Crippen LogP contribution in [0.4, 0.5) is 62.7 Å². The molecule has 20 N–H and O–H groups in total. The molecule has 7 heterocycles. The maximum atomic E-state index is 11.7. The Hall–Kier alpha value is -6.96. The number of hydrogen-bond donors (Lipinski definition) is 14. The fraction of sp³-hybridized carbons (Fsp3) is 0.425. The van der Waals surface area contributed by atoms with Gasteiger partial charge in [-0.1, -0.05) is 85.2 Å². The van der Waals surface area contributed by atoms with E-state index in [-0.39, 0.29) is 53.2 Å². The second-order valence-electron chi connectivity index (χ2n) is 26.5. The molecule has 3 atom stereocenters. The van der Waals surface area contributed by atoms with Crippen molar-refractivity contribution >= 4 is 209 Å². The molecule has 698 valence electrons. The molecule has 1 fully saturated rings. The Kier molecular flexibility index (Phi) is 63.6. The number of unbranched alkanes of at least 4 members (excludes halogenated alkanes) is 1. The van der Waals surface area contributed by atoms with Crippen LogP contribution in [0.5, 0.6) is 0 Å². The number of nitrogens with zero attached hydrogens (tertiary/aromatic N) is 8. The van der Waals surface area contributed by atoms with Crippen LogP contribution in [0.1, 0.15) is 126 Å². The minimum absolute atomic E-state index is 0. The summed E-state index contributed by atoms with van der Waals surface area (Å²) in [7, 11) is 3.82. The number of aromatic nitrogens is 8. The minimum atomic E-state index is -0.519.